The molecule has 0 saturated heterocycles. The van der Waals surface area contributed by atoms with E-state index in [0.29, 0.717) is 16.9 Å². The molecule has 1 heterocycles. The van der Waals surface area contributed by atoms with Gasteiger partial charge in [0, 0.05) is 46.1 Å². The number of anilines is 1. The Balaban J connectivity index is 2.04. The SMILES string of the molecule is CC(C)NC(=O)CCNC(=O)CCn1c(=O)c(N(C)C)nc2ccccc21. The van der Waals surface area contributed by atoms with Crippen LogP contribution in [0.2, 0.25) is 0 Å². The number of benzene rings is 1. The molecule has 0 unspecified atom stereocenters. The molecule has 0 aliphatic heterocycles. The second-order valence-electron chi connectivity index (χ2n) is 6.85. The maximum Gasteiger partial charge on any atom is 0.293 e. The van der Waals surface area contributed by atoms with Crippen molar-refractivity contribution in [2.24, 2.45) is 0 Å². The lowest BCUT2D eigenvalue weighted by Crippen LogP contribution is -2.35. The van der Waals surface area contributed by atoms with Crippen LogP contribution in [0.5, 0.6) is 0 Å². The van der Waals surface area contributed by atoms with E-state index in [2.05, 4.69) is 15.6 Å². The molecule has 2 N–H and O–H groups in total. The van der Waals surface area contributed by atoms with Crippen molar-refractivity contribution in [3.63, 3.8) is 0 Å². The van der Waals surface area contributed by atoms with Gasteiger partial charge < -0.3 is 20.1 Å². The molecule has 8 nitrogen and oxygen atoms in total. The summed E-state index contributed by atoms with van der Waals surface area (Å²) in [4.78, 5) is 42.5. The number of nitrogens with one attached hydrogen (secondary N) is 2. The van der Waals surface area contributed by atoms with Crippen LogP contribution in [-0.4, -0.2) is 48.0 Å². The van der Waals surface area contributed by atoms with Crippen LogP contribution < -0.4 is 21.1 Å². The van der Waals surface area contributed by atoms with Crippen molar-refractivity contribution in [3.8, 4) is 0 Å². The van der Waals surface area contributed by atoms with Crippen molar-refractivity contribution in [2.45, 2.75) is 39.3 Å². The van der Waals surface area contributed by atoms with E-state index in [1.54, 1.807) is 23.6 Å². The number of hydrogen-bond donors (Lipinski definition) is 2. The smallest absolute Gasteiger partial charge is 0.293 e. The van der Waals surface area contributed by atoms with Gasteiger partial charge in [0.1, 0.15) is 0 Å². The highest BCUT2D eigenvalue weighted by Crippen LogP contribution is 2.13. The minimum atomic E-state index is -0.234. The first-order chi connectivity index (χ1) is 12.8. The van der Waals surface area contributed by atoms with Gasteiger partial charge in [-0.15, -0.1) is 0 Å². The highest BCUT2D eigenvalue weighted by atomic mass is 16.2. The van der Waals surface area contributed by atoms with Gasteiger partial charge in [-0.05, 0) is 26.0 Å². The molecule has 1 aromatic carbocycles. The molecule has 0 spiro atoms. The summed E-state index contributed by atoms with van der Waals surface area (Å²) in [5.41, 5.74) is 1.16. The van der Waals surface area contributed by atoms with Crippen LogP contribution in [0.25, 0.3) is 11.0 Å². The van der Waals surface area contributed by atoms with Crippen LogP contribution in [0.15, 0.2) is 29.1 Å². The Bertz CT molecular complexity index is 873. The van der Waals surface area contributed by atoms with Gasteiger partial charge in [0.25, 0.3) is 5.56 Å². The Morgan fingerprint density at radius 2 is 1.85 bits per heavy atom. The highest BCUT2D eigenvalue weighted by molar-refractivity contribution is 5.79. The largest absolute Gasteiger partial charge is 0.358 e. The minimum absolute atomic E-state index is 0.0749. The topological polar surface area (TPSA) is 96.3 Å². The number of rotatable bonds is 8. The molecule has 0 fully saturated rings. The summed E-state index contributed by atoms with van der Waals surface area (Å²) in [5, 5.41) is 5.49. The van der Waals surface area contributed by atoms with E-state index in [-0.39, 0.29) is 49.3 Å². The van der Waals surface area contributed by atoms with E-state index in [9.17, 15) is 14.4 Å². The van der Waals surface area contributed by atoms with E-state index >= 15 is 0 Å². The molecule has 1 aromatic heterocycles. The number of nitrogens with zero attached hydrogens (tertiary/aromatic N) is 3. The lowest BCUT2D eigenvalue weighted by atomic mass is 10.2. The fourth-order valence-corrected chi connectivity index (χ4v) is 2.70. The zero-order chi connectivity index (χ0) is 20.0. The van der Waals surface area contributed by atoms with Gasteiger partial charge in [-0.3, -0.25) is 14.4 Å². The molecule has 0 radical (unpaired) electrons. The van der Waals surface area contributed by atoms with Gasteiger partial charge >= 0.3 is 0 Å². The van der Waals surface area contributed by atoms with Crippen molar-refractivity contribution >= 4 is 28.7 Å². The van der Waals surface area contributed by atoms with E-state index < -0.39 is 0 Å². The van der Waals surface area contributed by atoms with Gasteiger partial charge in [0.05, 0.1) is 11.0 Å². The van der Waals surface area contributed by atoms with E-state index in [1.165, 1.54) is 0 Å². The third-order valence-electron chi connectivity index (χ3n) is 3.95. The standard InChI is InChI=1S/C19H27N5O3/c1-13(2)21-17(26)9-11-20-16(25)10-12-24-15-8-6-5-7-14(15)22-18(19(24)27)23(3)4/h5-8,13H,9-12H2,1-4H3,(H,20,25)(H,21,26). The molecule has 2 aromatic rings. The summed E-state index contributed by atoms with van der Waals surface area (Å²) in [7, 11) is 3.52. The zero-order valence-corrected chi connectivity index (χ0v) is 16.3. The number of carbonyl (C=O) groups excluding carboxylic acids is 2. The van der Waals surface area contributed by atoms with Crippen LogP contribution in [0.1, 0.15) is 26.7 Å². The number of fused-ring (bicyclic) bond motifs is 1. The van der Waals surface area contributed by atoms with Crippen molar-refractivity contribution in [2.75, 3.05) is 25.5 Å². The molecule has 8 heteroatoms. The molecule has 0 bridgehead atoms. The van der Waals surface area contributed by atoms with Crippen molar-refractivity contribution < 1.29 is 9.59 Å². The average Bonchev–Trinajstić information content (AvgIpc) is 2.59. The summed E-state index contributed by atoms with van der Waals surface area (Å²) in [5.74, 6) is 0.0308. The van der Waals surface area contributed by atoms with Crippen LogP contribution >= 0.6 is 0 Å². The first-order valence-electron chi connectivity index (χ1n) is 9.02. The fourth-order valence-electron chi connectivity index (χ4n) is 2.70. The first-order valence-corrected chi connectivity index (χ1v) is 9.02. The summed E-state index contributed by atoms with van der Waals surface area (Å²) < 4.78 is 1.57. The van der Waals surface area contributed by atoms with Gasteiger partial charge in [-0.2, -0.15) is 0 Å². The molecule has 146 valence electrons. The van der Waals surface area contributed by atoms with Crippen molar-refractivity contribution in [1.29, 1.82) is 0 Å². The van der Waals surface area contributed by atoms with Gasteiger partial charge in [-0.25, -0.2) is 4.98 Å². The summed E-state index contributed by atoms with van der Waals surface area (Å²) in [6.07, 6.45) is 0.374. The van der Waals surface area contributed by atoms with Gasteiger partial charge in [0.2, 0.25) is 11.8 Å². The number of hydrogen-bond acceptors (Lipinski definition) is 5. The van der Waals surface area contributed by atoms with Crippen LogP contribution in [-0.2, 0) is 16.1 Å². The number of aromatic nitrogens is 2. The van der Waals surface area contributed by atoms with Crippen LogP contribution in [0.4, 0.5) is 5.82 Å². The summed E-state index contributed by atoms with van der Waals surface area (Å²) >= 11 is 0. The predicted molar refractivity (Wildman–Crippen MR) is 106 cm³/mol. The quantitative estimate of drug-likeness (QED) is 0.716. The maximum atomic E-state index is 12.7. The Morgan fingerprint density at radius 1 is 1.15 bits per heavy atom. The molecule has 2 rings (SSSR count). The van der Waals surface area contributed by atoms with Crippen molar-refractivity contribution in [3.05, 3.63) is 34.6 Å². The lowest BCUT2D eigenvalue weighted by molar-refractivity contribution is -0.122. The molecule has 0 aliphatic carbocycles. The fraction of sp³-hybridized carbons (Fsp3) is 0.474. The van der Waals surface area contributed by atoms with Crippen LogP contribution in [0.3, 0.4) is 0 Å². The molecule has 0 atom stereocenters. The van der Waals surface area contributed by atoms with Gasteiger partial charge in [-0.1, -0.05) is 12.1 Å². The van der Waals surface area contributed by atoms with Crippen LogP contribution in [0, 0.1) is 0 Å². The number of carbonyl (C=O) groups is 2. The molecule has 0 aliphatic rings. The van der Waals surface area contributed by atoms with Crippen molar-refractivity contribution in [1.82, 2.24) is 20.2 Å². The Kier molecular flexibility index (Phi) is 6.92. The number of para-hydroxylation sites is 2. The maximum absolute atomic E-state index is 12.7. The summed E-state index contributed by atoms with van der Waals surface area (Å²) in [6, 6.07) is 7.43. The second-order valence-corrected chi connectivity index (χ2v) is 6.85. The molecule has 27 heavy (non-hydrogen) atoms. The van der Waals surface area contributed by atoms with E-state index in [0.717, 1.165) is 0 Å². The van der Waals surface area contributed by atoms with E-state index in [1.807, 2.05) is 38.1 Å². The molecule has 2 amide bonds. The minimum Gasteiger partial charge on any atom is -0.358 e. The number of amides is 2. The normalized spacial score (nSPS) is 10.9. The monoisotopic (exact) mass is 373 g/mol. The third kappa shape index (κ3) is 5.54. The first kappa shape index (κ1) is 20.4. The van der Waals surface area contributed by atoms with E-state index in [4.69, 9.17) is 0 Å². The third-order valence-corrected chi connectivity index (χ3v) is 3.95. The molecular formula is C19H27N5O3. The predicted octanol–water partition coefficient (Wildman–Crippen LogP) is 0.884. The Labute approximate surface area is 158 Å². The highest BCUT2D eigenvalue weighted by Gasteiger charge is 2.13. The summed E-state index contributed by atoms with van der Waals surface area (Å²) in [6.45, 7) is 4.28. The molecule has 0 saturated carbocycles. The Hall–Kier alpha value is -2.90. The Morgan fingerprint density at radius 3 is 2.52 bits per heavy atom. The average molecular weight is 373 g/mol. The number of aryl methyl sites for hydroxylation is 1. The zero-order valence-electron chi connectivity index (χ0n) is 16.3. The lowest BCUT2D eigenvalue weighted by Gasteiger charge is -2.16. The van der Waals surface area contributed by atoms with Gasteiger partial charge in [0.15, 0.2) is 5.82 Å². The second kappa shape index (κ2) is 9.16. The molecular weight excluding hydrogens is 346 g/mol.